The highest BCUT2D eigenvalue weighted by Gasteiger charge is 2.15. The van der Waals surface area contributed by atoms with Crippen molar-refractivity contribution in [1.29, 1.82) is 0 Å². The molecule has 0 aliphatic rings. The van der Waals surface area contributed by atoms with Gasteiger partial charge in [0.05, 0.1) is 6.10 Å². The van der Waals surface area contributed by atoms with Crippen molar-refractivity contribution in [1.82, 2.24) is 0 Å². The Morgan fingerprint density at radius 1 is 0.963 bits per heavy atom. The molecule has 0 fully saturated rings. The maximum atomic E-state index is 10.8. The molecule has 0 aromatic carbocycles. The number of allylic oxidation sites excluding steroid dienone is 2. The normalized spacial score (nSPS) is 13.6. The first-order valence-corrected chi connectivity index (χ1v) is 9.70. The number of hydrogen-bond acceptors (Lipinski definition) is 5. The Morgan fingerprint density at radius 3 is 2.26 bits per heavy atom. The summed E-state index contributed by atoms with van der Waals surface area (Å²) in [4.78, 5) is 21.3. The minimum atomic E-state index is -1.38. The standard InChI is InChI=1S/C20H34O7/c1-3-5-6-8-11-16(21)14-15-18(27-20(24)25)13-10-7-9-12-17(4-2)26-19(22)23/h4,12,16,18,21H,2-3,5-11,13-15H2,1H3,(H,22,23)(H,24,25). The van der Waals surface area contributed by atoms with Gasteiger partial charge in [0.1, 0.15) is 11.9 Å². The molecular formula is C20H34O7. The summed E-state index contributed by atoms with van der Waals surface area (Å²) in [6.07, 6.45) is 8.17. The van der Waals surface area contributed by atoms with Crippen LogP contribution in [0.3, 0.4) is 0 Å². The molecule has 0 saturated carbocycles. The zero-order valence-corrected chi connectivity index (χ0v) is 16.3. The lowest BCUT2D eigenvalue weighted by Crippen LogP contribution is -2.19. The fraction of sp³-hybridized carbons (Fsp3) is 0.700. The van der Waals surface area contributed by atoms with Crippen molar-refractivity contribution in [2.75, 3.05) is 0 Å². The summed E-state index contributed by atoms with van der Waals surface area (Å²) in [7, 11) is 0. The van der Waals surface area contributed by atoms with E-state index in [-0.39, 0.29) is 5.76 Å². The van der Waals surface area contributed by atoms with Crippen LogP contribution in [0.25, 0.3) is 0 Å². The zero-order chi connectivity index (χ0) is 20.5. The lowest BCUT2D eigenvalue weighted by atomic mass is 10.0. The van der Waals surface area contributed by atoms with Gasteiger partial charge < -0.3 is 24.8 Å². The van der Waals surface area contributed by atoms with Crippen LogP contribution in [0.2, 0.25) is 0 Å². The average molecular weight is 386 g/mol. The third-order valence-corrected chi connectivity index (χ3v) is 4.21. The minimum absolute atomic E-state index is 0.187. The molecule has 7 heteroatoms. The summed E-state index contributed by atoms with van der Waals surface area (Å²) in [6.45, 7) is 5.62. The van der Waals surface area contributed by atoms with Gasteiger partial charge in [0.2, 0.25) is 0 Å². The van der Waals surface area contributed by atoms with Gasteiger partial charge in [-0.25, -0.2) is 9.59 Å². The van der Waals surface area contributed by atoms with Gasteiger partial charge in [-0.1, -0.05) is 39.2 Å². The molecule has 156 valence electrons. The Labute approximate surface area is 161 Å². The van der Waals surface area contributed by atoms with Crippen LogP contribution in [-0.2, 0) is 9.47 Å². The van der Waals surface area contributed by atoms with Crippen molar-refractivity contribution < 1.29 is 34.4 Å². The first-order chi connectivity index (χ1) is 12.9. The van der Waals surface area contributed by atoms with E-state index in [0.29, 0.717) is 25.7 Å². The lowest BCUT2D eigenvalue weighted by Gasteiger charge is -2.18. The molecule has 0 amide bonds. The topological polar surface area (TPSA) is 113 Å². The Hall–Kier alpha value is -2.02. The largest absolute Gasteiger partial charge is 0.511 e. The van der Waals surface area contributed by atoms with Gasteiger partial charge in [0.25, 0.3) is 0 Å². The number of hydrogen-bond donors (Lipinski definition) is 3. The molecule has 0 aromatic heterocycles. The van der Waals surface area contributed by atoms with E-state index in [9.17, 15) is 14.7 Å². The van der Waals surface area contributed by atoms with Crippen molar-refractivity contribution in [2.45, 2.75) is 89.8 Å². The van der Waals surface area contributed by atoms with E-state index in [4.69, 9.17) is 14.9 Å². The minimum Gasteiger partial charge on any atom is -0.450 e. The fourth-order valence-electron chi connectivity index (χ4n) is 2.76. The van der Waals surface area contributed by atoms with Gasteiger partial charge in [-0.05, 0) is 57.1 Å². The SMILES string of the molecule is C=CC(=CCCCCC(CCC(O)CCCCCC)OC(=O)O)OC(=O)O. The number of aliphatic hydroxyl groups is 1. The van der Waals surface area contributed by atoms with E-state index in [1.54, 1.807) is 6.08 Å². The molecule has 0 aliphatic heterocycles. The number of carbonyl (C=O) groups is 2. The number of carboxylic acid groups (broad SMARTS) is 2. The molecule has 0 bridgehead atoms. The van der Waals surface area contributed by atoms with Crippen LogP contribution in [0.5, 0.6) is 0 Å². The molecule has 27 heavy (non-hydrogen) atoms. The van der Waals surface area contributed by atoms with E-state index in [1.165, 1.54) is 6.08 Å². The maximum Gasteiger partial charge on any atom is 0.511 e. The van der Waals surface area contributed by atoms with Crippen molar-refractivity contribution in [3.63, 3.8) is 0 Å². The van der Waals surface area contributed by atoms with Crippen LogP contribution < -0.4 is 0 Å². The first kappa shape index (κ1) is 25.0. The molecule has 0 spiro atoms. The van der Waals surface area contributed by atoms with Crippen molar-refractivity contribution in [3.05, 3.63) is 24.5 Å². The summed E-state index contributed by atoms with van der Waals surface area (Å²) >= 11 is 0. The molecule has 0 radical (unpaired) electrons. The Bertz CT molecular complexity index is 459. The number of rotatable bonds is 16. The quantitative estimate of drug-likeness (QED) is 0.139. The monoisotopic (exact) mass is 386 g/mol. The Morgan fingerprint density at radius 2 is 1.67 bits per heavy atom. The predicted octanol–water partition coefficient (Wildman–Crippen LogP) is 5.49. The molecule has 0 aliphatic carbocycles. The summed E-state index contributed by atoms with van der Waals surface area (Å²) < 4.78 is 9.44. The third-order valence-electron chi connectivity index (χ3n) is 4.21. The summed E-state index contributed by atoms with van der Waals surface area (Å²) in [5, 5.41) is 27.4. The van der Waals surface area contributed by atoms with Crippen LogP contribution in [0, 0.1) is 0 Å². The Balaban J connectivity index is 4.15. The van der Waals surface area contributed by atoms with Crippen LogP contribution in [0.1, 0.15) is 77.6 Å². The van der Waals surface area contributed by atoms with Crippen molar-refractivity contribution in [3.8, 4) is 0 Å². The molecule has 0 saturated heterocycles. The van der Waals surface area contributed by atoms with E-state index in [1.807, 2.05) is 0 Å². The van der Waals surface area contributed by atoms with Gasteiger partial charge >= 0.3 is 12.3 Å². The fourth-order valence-corrected chi connectivity index (χ4v) is 2.76. The van der Waals surface area contributed by atoms with Crippen LogP contribution in [0.4, 0.5) is 9.59 Å². The highest BCUT2D eigenvalue weighted by atomic mass is 16.7. The van der Waals surface area contributed by atoms with Crippen LogP contribution in [0.15, 0.2) is 24.5 Å². The van der Waals surface area contributed by atoms with Crippen molar-refractivity contribution >= 4 is 12.3 Å². The highest BCUT2D eigenvalue weighted by Crippen LogP contribution is 2.17. The third kappa shape index (κ3) is 15.9. The van der Waals surface area contributed by atoms with Gasteiger partial charge in [-0.3, -0.25) is 0 Å². The second-order valence-electron chi connectivity index (χ2n) is 6.55. The summed E-state index contributed by atoms with van der Waals surface area (Å²) in [5.74, 6) is 0.187. The second kappa shape index (κ2) is 16.2. The van der Waals surface area contributed by atoms with Crippen LogP contribution >= 0.6 is 0 Å². The first-order valence-electron chi connectivity index (χ1n) is 9.70. The molecule has 2 unspecified atom stereocenters. The summed E-state index contributed by atoms with van der Waals surface area (Å²) in [6, 6.07) is 0. The van der Waals surface area contributed by atoms with Crippen molar-refractivity contribution in [2.24, 2.45) is 0 Å². The number of unbranched alkanes of at least 4 members (excludes halogenated alkanes) is 5. The van der Waals surface area contributed by atoms with E-state index in [2.05, 4.69) is 18.2 Å². The maximum absolute atomic E-state index is 10.8. The predicted molar refractivity (Wildman–Crippen MR) is 103 cm³/mol. The van der Waals surface area contributed by atoms with Crippen LogP contribution in [-0.4, -0.2) is 39.8 Å². The number of ether oxygens (including phenoxy) is 2. The van der Waals surface area contributed by atoms with E-state index >= 15 is 0 Å². The molecule has 0 rings (SSSR count). The van der Waals surface area contributed by atoms with Gasteiger partial charge in [0.15, 0.2) is 0 Å². The highest BCUT2D eigenvalue weighted by molar-refractivity contribution is 5.59. The zero-order valence-electron chi connectivity index (χ0n) is 16.3. The molecule has 2 atom stereocenters. The molecular weight excluding hydrogens is 352 g/mol. The van der Waals surface area contributed by atoms with Gasteiger partial charge in [-0.15, -0.1) is 0 Å². The Kier molecular flexibility index (Phi) is 15.0. The molecule has 0 aromatic rings. The summed E-state index contributed by atoms with van der Waals surface area (Å²) in [5.41, 5.74) is 0. The lowest BCUT2D eigenvalue weighted by molar-refractivity contribution is 0.0341. The average Bonchev–Trinajstić information content (AvgIpc) is 2.61. The number of aliphatic hydroxyl groups excluding tert-OH is 1. The molecule has 3 N–H and O–H groups in total. The molecule has 7 nitrogen and oxygen atoms in total. The smallest absolute Gasteiger partial charge is 0.450 e. The second-order valence-corrected chi connectivity index (χ2v) is 6.55. The van der Waals surface area contributed by atoms with E-state index in [0.717, 1.165) is 44.9 Å². The van der Waals surface area contributed by atoms with Gasteiger partial charge in [0, 0.05) is 0 Å². The van der Waals surface area contributed by atoms with E-state index < -0.39 is 24.5 Å². The van der Waals surface area contributed by atoms with Gasteiger partial charge in [-0.2, -0.15) is 0 Å². The molecule has 0 heterocycles.